The Bertz CT molecular complexity index is 519. The van der Waals surface area contributed by atoms with E-state index in [1.807, 2.05) is 16.3 Å². The van der Waals surface area contributed by atoms with Crippen LogP contribution in [0, 0.1) is 0 Å². The molecule has 0 aliphatic carbocycles. The van der Waals surface area contributed by atoms with Crippen LogP contribution in [0.5, 0.6) is 0 Å². The lowest BCUT2D eigenvalue weighted by molar-refractivity contribution is 0.658. The van der Waals surface area contributed by atoms with E-state index in [4.69, 9.17) is 0 Å². The Morgan fingerprint density at radius 1 is 1.31 bits per heavy atom. The summed E-state index contributed by atoms with van der Waals surface area (Å²) < 4.78 is 3.86. The first-order valence-electron chi connectivity index (χ1n) is 5.37. The minimum Gasteiger partial charge on any atom is -0.348 e. The third-order valence-electron chi connectivity index (χ3n) is 2.59. The number of rotatable bonds is 3. The van der Waals surface area contributed by atoms with Crippen molar-refractivity contribution in [3.8, 4) is 0 Å². The smallest absolute Gasteiger partial charge is 0.181 e. The van der Waals surface area contributed by atoms with Crippen LogP contribution in [0.4, 0.5) is 0 Å². The van der Waals surface area contributed by atoms with E-state index in [0.29, 0.717) is 0 Å². The second-order valence-electron chi connectivity index (χ2n) is 3.81. The topological polar surface area (TPSA) is 39.8 Å². The van der Waals surface area contributed by atoms with Crippen LogP contribution in [0.2, 0.25) is 0 Å². The number of nitrogens with zero attached hydrogens (tertiary/aromatic N) is 3. The zero-order valence-corrected chi connectivity index (χ0v) is 9.55. The lowest BCUT2D eigenvalue weighted by Crippen LogP contribution is -2.07. The molecule has 84 valence electrons. The molecule has 2 rings (SSSR count). The average molecular weight is 217 g/mol. The van der Waals surface area contributed by atoms with Gasteiger partial charge in [-0.3, -0.25) is 9.48 Å². The highest BCUT2D eigenvalue weighted by Crippen LogP contribution is 2.05. The first kappa shape index (κ1) is 10.7. The summed E-state index contributed by atoms with van der Waals surface area (Å²) in [5.41, 5.74) is 2.27. The van der Waals surface area contributed by atoms with Gasteiger partial charge in [0, 0.05) is 31.6 Å². The fourth-order valence-corrected chi connectivity index (χ4v) is 1.63. The summed E-state index contributed by atoms with van der Waals surface area (Å²) in [6.07, 6.45) is 4.53. The van der Waals surface area contributed by atoms with Crippen LogP contribution in [0.1, 0.15) is 18.3 Å². The highest BCUT2D eigenvalue weighted by molar-refractivity contribution is 5.11. The number of pyridine rings is 1. The summed E-state index contributed by atoms with van der Waals surface area (Å²) >= 11 is 0. The highest BCUT2D eigenvalue weighted by atomic mass is 16.1. The Labute approximate surface area is 94.1 Å². The Hall–Kier alpha value is -1.84. The Balaban J connectivity index is 2.23. The van der Waals surface area contributed by atoms with Gasteiger partial charge in [-0.15, -0.1) is 0 Å². The molecule has 0 radical (unpaired) electrons. The molecule has 16 heavy (non-hydrogen) atoms. The van der Waals surface area contributed by atoms with Gasteiger partial charge < -0.3 is 4.57 Å². The van der Waals surface area contributed by atoms with Crippen molar-refractivity contribution in [2.24, 2.45) is 7.05 Å². The van der Waals surface area contributed by atoms with Gasteiger partial charge in [-0.25, -0.2) is 0 Å². The maximum absolute atomic E-state index is 11.0. The zero-order chi connectivity index (χ0) is 11.5. The molecule has 2 aromatic rings. The Morgan fingerprint density at radius 3 is 2.56 bits per heavy atom. The zero-order valence-electron chi connectivity index (χ0n) is 9.55. The molecule has 4 nitrogen and oxygen atoms in total. The van der Waals surface area contributed by atoms with Crippen LogP contribution in [-0.2, 0) is 20.0 Å². The molecule has 0 saturated heterocycles. The lowest BCUT2D eigenvalue weighted by Gasteiger charge is -2.05. The summed E-state index contributed by atoms with van der Waals surface area (Å²) in [4.78, 5) is 11.0. The molecule has 0 N–H and O–H groups in total. The van der Waals surface area contributed by atoms with E-state index in [1.165, 1.54) is 0 Å². The van der Waals surface area contributed by atoms with Crippen molar-refractivity contribution < 1.29 is 0 Å². The molecule has 0 atom stereocenters. The molecular weight excluding hydrogens is 202 g/mol. The maximum atomic E-state index is 11.0. The fraction of sp³-hybridized carbons (Fsp3) is 0.333. The van der Waals surface area contributed by atoms with Crippen LogP contribution in [0.25, 0.3) is 0 Å². The minimum absolute atomic E-state index is 0.0375. The molecule has 4 heteroatoms. The van der Waals surface area contributed by atoms with Crippen molar-refractivity contribution in [3.63, 3.8) is 0 Å². The summed E-state index contributed by atoms with van der Waals surface area (Å²) in [7, 11) is 1.94. The van der Waals surface area contributed by atoms with Gasteiger partial charge in [-0.1, -0.05) is 6.92 Å². The summed E-state index contributed by atoms with van der Waals surface area (Å²) in [5.74, 6) is 0. The molecule has 0 bridgehead atoms. The van der Waals surface area contributed by atoms with E-state index >= 15 is 0 Å². The molecule has 0 amide bonds. The standard InChI is InChI=1S/C12H15N3O/c1-3-10-8-11(14(2)13-10)9-15-6-4-12(16)5-7-15/h4-8H,3,9H2,1-2H3. The molecule has 0 spiro atoms. The number of hydrogen-bond donors (Lipinski definition) is 0. The molecule has 0 fully saturated rings. The van der Waals surface area contributed by atoms with Crippen molar-refractivity contribution in [1.29, 1.82) is 0 Å². The summed E-state index contributed by atoms with van der Waals surface area (Å²) in [5, 5.41) is 4.38. The normalized spacial score (nSPS) is 10.6. The molecule has 0 aromatic carbocycles. The maximum Gasteiger partial charge on any atom is 0.181 e. The van der Waals surface area contributed by atoms with Crippen LogP contribution in [0.15, 0.2) is 35.4 Å². The predicted molar refractivity (Wildman–Crippen MR) is 62.4 cm³/mol. The number of hydrogen-bond acceptors (Lipinski definition) is 2. The van der Waals surface area contributed by atoms with Crippen LogP contribution in [-0.4, -0.2) is 14.3 Å². The Morgan fingerprint density at radius 2 is 2.00 bits per heavy atom. The van der Waals surface area contributed by atoms with Crippen LogP contribution >= 0.6 is 0 Å². The third kappa shape index (κ3) is 2.21. The first-order valence-corrected chi connectivity index (χ1v) is 5.37. The fourth-order valence-electron chi connectivity index (χ4n) is 1.63. The van der Waals surface area contributed by atoms with Gasteiger partial charge in [0.15, 0.2) is 5.43 Å². The monoisotopic (exact) mass is 217 g/mol. The van der Waals surface area contributed by atoms with Crippen molar-refractivity contribution in [1.82, 2.24) is 14.3 Å². The SMILES string of the molecule is CCc1cc(Cn2ccc(=O)cc2)n(C)n1. The van der Waals surface area contributed by atoms with E-state index in [2.05, 4.69) is 18.1 Å². The van der Waals surface area contributed by atoms with Gasteiger partial charge in [0.2, 0.25) is 0 Å². The quantitative estimate of drug-likeness (QED) is 0.774. The summed E-state index contributed by atoms with van der Waals surface area (Å²) in [6, 6.07) is 5.23. The van der Waals surface area contributed by atoms with Crippen molar-refractivity contribution in [2.75, 3.05) is 0 Å². The molecule has 0 unspecified atom stereocenters. The number of aryl methyl sites for hydroxylation is 2. The average Bonchev–Trinajstić information content (AvgIpc) is 2.63. The predicted octanol–water partition coefficient (Wildman–Crippen LogP) is 1.19. The van der Waals surface area contributed by atoms with Gasteiger partial charge in [0.1, 0.15) is 0 Å². The highest BCUT2D eigenvalue weighted by Gasteiger charge is 2.03. The van der Waals surface area contributed by atoms with Gasteiger partial charge in [-0.2, -0.15) is 5.10 Å². The van der Waals surface area contributed by atoms with Crippen LogP contribution < -0.4 is 5.43 Å². The summed E-state index contributed by atoms with van der Waals surface area (Å²) in [6.45, 7) is 2.83. The second-order valence-corrected chi connectivity index (χ2v) is 3.81. The Kier molecular flexibility index (Phi) is 2.90. The van der Waals surface area contributed by atoms with E-state index in [9.17, 15) is 4.79 Å². The van der Waals surface area contributed by atoms with Crippen molar-refractivity contribution >= 4 is 0 Å². The minimum atomic E-state index is 0.0375. The van der Waals surface area contributed by atoms with Crippen LogP contribution in [0.3, 0.4) is 0 Å². The second kappa shape index (κ2) is 4.35. The molecule has 0 aliphatic rings. The van der Waals surface area contributed by atoms with E-state index in [1.54, 1.807) is 24.5 Å². The number of aromatic nitrogens is 3. The molecule has 2 aromatic heterocycles. The molecule has 2 heterocycles. The molecule has 0 saturated carbocycles. The lowest BCUT2D eigenvalue weighted by atomic mass is 10.3. The first-order chi connectivity index (χ1) is 7.69. The largest absolute Gasteiger partial charge is 0.348 e. The van der Waals surface area contributed by atoms with E-state index < -0.39 is 0 Å². The van der Waals surface area contributed by atoms with Gasteiger partial charge in [-0.05, 0) is 12.5 Å². The van der Waals surface area contributed by atoms with Crippen molar-refractivity contribution in [2.45, 2.75) is 19.9 Å². The van der Waals surface area contributed by atoms with E-state index in [-0.39, 0.29) is 5.43 Å². The van der Waals surface area contributed by atoms with Gasteiger partial charge >= 0.3 is 0 Å². The third-order valence-corrected chi connectivity index (χ3v) is 2.59. The van der Waals surface area contributed by atoms with E-state index in [0.717, 1.165) is 24.4 Å². The van der Waals surface area contributed by atoms with Crippen molar-refractivity contribution in [3.05, 3.63) is 52.2 Å². The molecule has 0 aliphatic heterocycles. The van der Waals surface area contributed by atoms with Gasteiger partial charge in [0.05, 0.1) is 17.9 Å². The molecular formula is C12H15N3O. The van der Waals surface area contributed by atoms with Gasteiger partial charge in [0.25, 0.3) is 0 Å².